The van der Waals surface area contributed by atoms with Gasteiger partial charge in [-0.2, -0.15) is 17.7 Å². The molecule has 5 heteroatoms. The van der Waals surface area contributed by atoms with E-state index in [4.69, 9.17) is 0 Å². The summed E-state index contributed by atoms with van der Waals surface area (Å²) in [5, 5.41) is 7.87. The summed E-state index contributed by atoms with van der Waals surface area (Å²) in [6.07, 6.45) is 3.38. The number of rotatable bonds is 2. The van der Waals surface area contributed by atoms with Crippen LogP contribution in [0.25, 0.3) is 11.4 Å². The molecule has 0 bridgehead atoms. The number of aromatic amines is 1. The van der Waals surface area contributed by atoms with Crippen molar-refractivity contribution in [2.75, 3.05) is 0 Å². The molecule has 0 fully saturated rings. The Labute approximate surface area is 87.2 Å². The normalized spacial score (nSPS) is 12.7. The standard InChI is InChI=1S/C9H10N4S/c1-6(14)9-10-5-8(12-9)7-3-2-4-11-13-7/h2-6,14H,1H3,(H,10,12). The fourth-order valence-electron chi connectivity index (χ4n) is 1.12. The number of thiol groups is 1. The average molecular weight is 206 g/mol. The van der Waals surface area contributed by atoms with Crippen LogP contribution >= 0.6 is 12.6 Å². The number of nitrogens with one attached hydrogen (secondary N) is 1. The van der Waals surface area contributed by atoms with Gasteiger partial charge in [0.1, 0.15) is 11.5 Å². The predicted molar refractivity (Wildman–Crippen MR) is 57.0 cm³/mol. The SMILES string of the molecule is CC(S)c1ncc(-c2cccnn2)[nH]1. The molecular formula is C9H10N4S. The maximum absolute atomic E-state index is 4.28. The van der Waals surface area contributed by atoms with Crippen LogP contribution in [-0.4, -0.2) is 20.2 Å². The van der Waals surface area contributed by atoms with E-state index in [-0.39, 0.29) is 5.25 Å². The van der Waals surface area contributed by atoms with Gasteiger partial charge in [0.15, 0.2) is 0 Å². The molecule has 2 rings (SSSR count). The second-order valence-corrected chi connectivity index (χ2v) is 3.74. The molecule has 0 amide bonds. The van der Waals surface area contributed by atoms with Crippen LogP contribution in [0.1, 0.15) is 18.0 Å². The molecule has 1 unspecified atom stereocenters. The van der Waals surface area contributed by atoms with E-state index >= 15 is 0 Å². The topological polar surface area (TPSA) is 54.5 Å². The lowest BCUT2D eigenvalue weighted by Crippen LogP contribution is -1.88. The number of hydrogen-bond acceptors (Lipinski definition) is 4. The first-order chi connectivity index (χ1) is 6.77. The van der Waals surface area contributed by atoms with Crippen molar-refractivity contribution < 1.29 is 0 Å². The van der Waals surface area contributed by atoms with E-state index < -0.39 is 0 Å². The number of nitrogens with zero attached hydrogens (tertiary/aromatic N) is 3. The molecule has 0 saturated carbocycles. The molecule has 2 aromatic rings. The van der Waals surface area contributed by atoms with Gasteiger partial charge in [-0.15, -0.1) is 5.10 Å². The molecule has 0 aromatic carbocycles. The minimum absolute atomic E-state index is 0.0976. The van der Waals surface area contributed by atoms with Crippen molar-refractivity contribution in [3.63, 3.8) is 0 Å². The van der Waals surface area contributed by atoms with Gasteiger partial charge in [0, 0.05) is 6.20 Å². The minimum Gasteiger partial charge on any atom is -0.340 e. The first kappa shape index (κ1) is 9.21. The second-order valence-electron chi connectivity index (χ2n) is 2.97. The maximum Gasteiger partial charge on any atom is 0.119 e. The van der Waals surface area contributed by atoms with Crippen LogP contribution in [0.2, 0.25) is 0 Å². The third-order valence-corrected chi connectivity index (χ3v) is 2.08. The summed E-state index contributed by atoms with van der Waals surface area (Å²) in [5.74, 6) is 0.842. The van der Waals surface area contributed by atoms with Crippen LogP contribution in [0, 0.1) is 0 Å². The highest BCUT2D eigenvalue weighted by atomic mass is 32.1. The number of hydrogen-bond donors (Lipinski definition) is 2. The Morgan fingerprint density at radius 2 is 2.36 bits per heavy atom. The Morgan fingerprint density at radius 1 is 1.50 bits per heavy atom. The molecule has 0 saturated heterocycles. The number of aromatic nitrogens is 4. The van der Waals surface area contributed by atoms with Gasteiger partial charge in [-0.1, -0.05) is 0 Å². The first-order valence-electron chi connectivity index (χ1n) is 4.28. The van der Waals surface area contributed by atoms with E-state index in [0.29, 0.717) is 0 Å². The highest BCUT2D eigenvalue weighted by molar-refractivity contribution is 7.80. The third-order valence-electron chi connectivity index (χ3n) is 1.84. The minimum atomic E-state index is 0.0976. The Morgan fingerprint density at radius 3 is 2.93 bits per heavy atom. The number of H-pyrrole nitrogens is 1. The summed E-state index contributed by atoms with van der Waals surface area (Å²) in [7, 11) is 0. The van der Waals surface area contributed by atoms with Crippen molar-refractivity contribution >= 4 is 12.6 Å². The molecule has 2 heterocycles. The summed E-state index contributed by atoms with van der Waals surface area (Å²) in [5.41, 5.74) is 1.66. The van der Waals surface area contributed by atoms with Crippen molar-refractivity contribution in [2.45, 2.75) is 12.2 Å². The quantitative estimate of drug-likeness (QED) is 0.737. The predicted octanol–water partition coefficient (Wildman–Crippen LogP) is 1.86. The molecule has 0 aliphatic rings. The van der Waals surface area contributed by atoms with E-state index in [1.807, 2.05) is 19.1 Å². The largest absolute Gasteiger partial charge is 0.340 e. The third kappa shape index (κ3) is 1.77. The summed E-state index contributed by atoms with van der Waals surface area (Å²) in [6, 6.07) is 3.72. The molecule has 2 aromatic heterocycles. The zero-order valence-corrected chi connectivity index (χ0v) is 8.57. The molecule has 0 aliphatic heterocycles. The Kier molecular flexibility index (Phi) is 2.49. The van der Waals surface area contributed by atoms with Crippen LogP contribution in [0.5, 0.6) is 0 Å². The van der Waals surface area contributed by atoms with Gasteiger partial charge in [-0.25, -0.2) is 4.98 Å². The van der Waals surface area contributed by atoms with Crippen molar-refractivity contribution in [2.24, 2.45) is 0 Å². The van der Waals surface area contributed by atoms with Gasteiger partial charge in [0.05, 0.1) is 17.1 Å². The Bertz CT molecular complexity index is 410. The second kappa shape index (κ2) is 3.79. The van der Waals surface area contributed by atoms with Gasteiger partial charge in [0.2, 0.25) is 0 Å². The molecular weight excluding hydrogens is 196 g/mol. The average Bonchev–Trinajstić information content (AvgIpc) is 2.68. The summed E-state index contributed by atoms with van der Waals surface area (Å²) < 4.78 is 0. The van der Waals surface area contributed by atoms with Crippen LogP contribution in [0.3, 0.4) is 0 Å². The molecule has 1 N–H and O–H groups in total. The zero-order valence-electron chi connectivity index (χ0n) is 7.68. The monoisotopic (exact) mass is 206 g/mol. The lowest BCUT2D eigenvalue weighted by molar-refractivity contribution is 0.967. The van der Waals surface area contributed by atoms with E-state index in [2.05, 4.69) is 32.8 Å². The van der Waals surface area contributed by atoms with Crippen molar-refractivity contribution in [3.05, 3.63) is 30.4 Å². The molecule has 4 nitrogen and oxygen atoms in total. The Balaban J connectivity index is 2.34. The molecule has 0 radical (unpaired) electrons. The van der Waals surface area contributed by atoms with E-state index in [0.717, 1.165) is 17.2 Å². The zero-order chi connectivity index (χ0) is 9.97. The number of imidazole rings is 1. The van der Waals surface area contributed by atoms with Gasteiger partial charge >= 0.3 is 0 Å². The lowest BCUT2D eigenvalue weighted by Gasteiger charge is -1.97. The lowest BCUT2D eigenvalue weighted by atomic mass is 10.3. The first-order valence-corrected chi connectivity index (χ1v) is 4.80. The molecule has 1 atom stereocenters. The highest BCUT2D eigenvalue weighted by Crippen LogP contribution is 2.19. The van der Waals surface area contributed by atoms with E-state index in [1.54, 1.807) is 12.4 Å². The Hall–Kier alpha value is -1.36. The molecule has 72 valence electrons. The molecule has 14 heavy (non-hydrogen) atoms. The molecule has 0 spiro atoms. The van der Waals surface area contributed by atoms with E-state index in [9.17, 15) is 0 Å². The maximum atomic E-state index is 4.28. The summed E-state index contributed by atoms with van der Waals surface area (Å²) >= 11 is 4.28. The fourth-order valence-corrected chi connectivity index (χ4v) is 1.26. The van der Waals surface area contributed by atoms with Crippen LogP contribution in [0.15, 0.2) is 24.5 Å². The van der Waals surface area contributed by atoms with Crippen LogP contribution < -0.4 is 0 Å². The highest BCUT2D eigenvalue weighted by Gasteiger charge is 2.07. The van der Waals surface area contributed by atoms with Crippen LogP contribution in [-0.2, 0) is 0 Å². The van der Waals surface area contributed by atoms with Gasteiger partial charge in [0.25, 0.3) is 0 Å². The summed E-state index contributed by atoms with van der Waals surface area (Å²) in [4.78, 5) is 7.33. The van der Waals surface area contributed by atoms with E-state index in [1.165, 1.54) is 0 Å². The van der Waals surface area contributed by atoms with Crippen LogP contribution in [0.4, 0.5) is 0 Å². The van der Waals surface area contributed by atoms with Gasteiger partial charge < -0.3 is 4.98 Å². The summed E-state index contributed by atoms with van der Waals surface area (Å²) in [6.45, 7) is 1.96. The van der Waals surface area contributed by atoms with Gasteiger partial charge in [-0.05, 0) is 19.1 Å². The fraction of sp³-hybridized carbons (Fsp3) is 0.222. The van der Waals surface area contributed by atoms with Crippen molar-refractivity contribution in [3.8, 4) is 11.4 Å². The smallest absolute Gasteiger partial charge is 0.119 e. The van der Waals surface area contributed by atoms with Gasteiger partial charge in [-0.3, -0.25) is 0 Å². The van der Waals surface area contributed by atoms with Crippen molar-refractivity contribution in [1.29, 1.82) is 0 Å². The molecule has 0 aliphatic carbocycles. The van der Waals surface area contributed by atoms with Crippen molar-refractivity contribution in [1.82, 2.24) is 20.2 Å².